The van der Waals surface area contributed by atoms with Crippen LogP contribution in [-0.2, 0) is 13.2 Å². The van der Waals surface area contributed by atoms with Crippen LogP contribution in [0.4, 0.5) is 0 Å². The molecule has 6 aromatic rings. The molecule has 6 rings (SSSR count). The van der Waals surface area contributed by atoms with Gasteiger partial charge in [-0.15, -0.1) is 0 Å². The van der Waals surface area contributed by atoms with Gasteiger partial charge in [0.25, 0.3) is 5.91 Å². The first-order valence-corrected chi connectivity index (χ1v) is 12.1. The van der Waals surface area contributed by atoms with Gasteiger partial charge in [0.2, 0.25) is 0 Å². The van der Waals surface area contributed by atoms with Crippen molar-refractivity contribution >= 4 is 27.7 Å². The maximum absolute atomic E-state index is 12.7. The van der Waals surface area contributed by atoms with E-state index in [1.807, 2.05) is 71.3 Å². The molecule has 0 aliphatic rings. The summed E-state index contributed by atoms with van der Waals surface area (Å²) in [6, 6.07) is 31.9. The third-order valence-corrected chi connectivity index (χ3v) is 6.30. The van der Waals surface area contributed by atoms with Gasteiger partial charge in [0.1, 0.15) is 18.7 Å². The number of benzene rings is 4. The number of nitrogens with zero attached hydrogens (tertiary/aromatic N) is 3. The van der Waals surface area contributed by atoms with Gasteiger partial charge in [-0.25, -0.2) is 4.98 Å². The van der Waals surface area contributed by atoms with Crippen LogP contribution in [0.5, 0.6) is 5.75 Å². The van der Waals surface area contributed by atoms with Crippen molar-refractivity contribution in [3.63, 3.8) is 0 Å². The topological polar surface area (TPSA) is 69.0 Å². The zero-order valence-electron chi connectivity index (χ0n) is 20.0. The van der Waals surface area contributed by atoms with E-state index in [1.165, 1.54) is 10.8 Å². The van der Waals surface area contributed by atoms with Crippen molar-refractivity contribution < 1.29 is 9.53 Å². The predicted molar refractivity (Wildman–Crippen MR) is 145 cm³/mol. The van der Waals surface area contributed by atoms with E-state index in [0.717, 1.165) is 33.6 Å². The fourth-order valence-corrected chi connectivity index (χ4v) is 4.37. The third kappa shape index (κ3) is 4.90. The summed E-state index contributed by atoms with van der Waals surface area (Å²) in [4.78, 5) is 21.3. The molecule has 6 nitrogen and oxygen atoms in total. The monoisotopic (exact) mass is 484 g/mol. The fourth-order valence-electron chi connectivity index (χ4n) is 4.37. The molecule has 0 bridgehead atoms. The second-order valence-corrected chi connectivity index (χ2v) is 8.83. The molecule has 180 valence electrons. The summed E-state index contributed by atoms with van der Waals surface area (Å²) in [7, 11) is 0. The van der Waals surface area contributed by atoms with Crippen molar-refractivity contribution in [3.05, 3.63) is 132 Å². The van der Waals surface area contributed by atoms with Crippen LogP contribution in [0.15, 0.2) is 116 Å². The number of pyridine rings is 1. The molecule has 0 aliphatic carbocycles. The van der Waals surface area contributed by atoms with Gasteiger partial charge >= 0.3 is 0 Å². The minimum Gasteiger partial charge on any atom is -0.489 e. The number of nitrogens with one attached hydrogen (secondary N) is 1. The summed E-state index contributed by atoms with van der Waals surface area (Å²) in [6.07, 6.45) is 5.22. The second-order valence-electron chi connectivity index (χ2n) is 8.83. The van der Waals surface area contributed by atoms with Crippen LogP contribution in [-0.4, -0.2) is 20.4 Å². The van der Waals surface area contributed by atoms with Crippen LogP contribution >= 0.6 is 0 Å². The quantitative estimate of drug-likeness (QED) is 0.298. The maximum Gasteiger partial charge on any atom is 0.251 e. The number of carbonyl (C=O) groups excluding carboxylic acids is 1. The Morgan fingerprint density at radius 2 is 1.76 bits per heavy atom. The molecule has 1 amide bonds. The predicted octanol–water partition coefficient (Wildman–Crippen LogP) is 6.08. The van der Waals surface area contributed by atoms with E-state index in [4.69, 9.17) is 4.74 Å². The molecular formula is C31H24N4O2. The smallest absolute Gasteiger partial charge is 0.251 e. The van der Waals surface area contributed by atoms with Crippen molar-refractivity contribution in [2.45, 2.75) is 13.2 Å². The zero-order valence-corrected chi connectivity index (χ0v) is 20.0. The number of carbonyl (C=O) groups is 1. The Balaban J connectivity index is 1.17. The van der Waals surface area contributed by atoms with E-state index >= 15 is 0 Å². The van der Waals surface area contributed by atoms with Crippen molar-refractivity contribution in [1.29, 1.82) is 0 Å². The van der Waals surface area contributed by atoms with E-state index in [-0.39, 0.29) is 5.91 Å². The molecule has 0 saturated heterocycles. The first kappa shape index (κ1) is 22.5. The first-order valence-electron chi connectivity index (χ1n) is 12.1. The highest BCUT2D eigenvalue weighted by molar-refractivity contribution is 5.97. The largest absolute Gasteiger partial charge is 0.489 e. The molecule has 0 aliphatic heterocycles. The Morgan fingerprint density at radius 3 is 2.65 bits per heavy atom. The van der Waals surface area contributed by atoms with Gasteiger partial charge in [0.05, 0.1) is 16.7 Å². The van der Waals surface area contributed by atoms with Gasteiger partial charge < -0.3 is 10.1 Å². The Morgan fingerprint density at radius 1 is 0.838 bits per heavy atom. The Bertz CT molecular complexity index is 1710. The highest BCUT2D eigenvalue weighted by atomic mass is 16.5. The standard InChI is InChI=1S/C31H24N4O2/c36-31(33-19-23-5-4-14-32-18-23)26-12-13-30-29(16-26)34-21-35(30)27-8-3-9-28(17-27)37-20-22-10-11-24-6-1-2-7-25(24)15-22/h1-18,21H,19-20H2,(H,33,36). The van der Waals surface area contributed by atoms with E-state index in [0.29, 0.717) is 18.7 Å². The summed E-state index contributed by atoms with van der Waals surface area (Å²) in [5, 5.41) is 5.35. The lowest BCUT2D eigenvalue weighted by Gasteiger charge is -2.10. The molecular weight excluding hydrogens is 460 g/mol. The summed E-state index contributed by atoms with van der Waals surface area (Å²) in [5.74, 6) is 0.628. The maximum atomic E-state index is 12.7. The van der Waals surface area contributed by atoms with E-state index in [9.17, 15) is 4.79 Å². The molecule has 0 unspecified atom stereocenters. The van der Waals surface area contributed by atoms with Gasteiger partial charge in [-0.1, -0.05) is 48.5 Å². The lowest BCUT2D eigenvalue weighted by Crippen LogP contribution is -2.22. The van der Waals surface area contributed by atoms with E-state index in [2.05, 4.69) is 45.6 Å². The molecule has 0 radical (unpaired) electrons. The number of ether oxygens (including phenoxy) is 1. The normalized spacial score (nSPS) is 11.0. The van der Waals surface area contributed by atoms with Gasteiger partial charge in [0, 0.05) is 30.6 Å². The number of aromatic nitrogens is 3. The molecule has 6 heteroatoms. The molecule has 37 heavy (non-hydrogen) atoms. The Hall–Kier alpha value is -4.97. The van der Waals surface area contributed by atoms with Crippen LogP contribution in [0.1, 0.15) is 21.5 Å². The van der Waals surface area contributed by atoms with E-state index < -0.39 is 0 Å². The highest BCUT2D eigenvalue weighted by Crippen LogP contribution is 2.24. The first-order chi connectivity index (χ1) is 18.2. The zero-order chi connectivity index (χ0) is 25.0. The minimum absolute atomic E-state index is 0.149. The van der Waals surface area contributed by atoms with Gasteiger partial charge in [-0.05, 0) is 64.4 Å². The van der Waals surface area contributed by atoms with Crippen molar-refractivity contribution in [2.75, 3.05) is 0 Å². The molecule has 4 aromatic carbocycles. The van der Waals surface area contributed by atoms with Crippen molar-refractivity contribution in [1.82, 2.24) is 19.9 Å². The number of imidazole rings is 1. The number of hydrogen-bond acceptors (Lipinski definition) is 4. The van der Waals surface area contributed by atoms with Gasteiger partial charge in [-0.2, -0.15) is 0 Å². The Kier molecular flexibility index (Phi) is 6.05. The van der Waals surface area contributed by atoms with Crippen LogP contribution in [0.25, 0.3) is 27.5 Å². The second kappa shape index (κ2) is 9.95. The summed E-state index contributed by atoms with van der Waals surface area (Å²) < 4.78 is 8.11. The average Bonchev–Trinajstić information content (AvgIpc) is 3.39. The number of amides is 1. The van der Waals surface area contributed by atoms with Crippen molar-refractivity contribution in [3.8, 4) is 11.4 Å². The number of fused-ring (bicyclic) bond motifs is 2. The van der Waals surface area contributed by atoms with Gasteiger partial charge in [0.15, 0.2) is 0 Å². The molecule has 0 atom stereocenters. The average molecular weight is 485 g/mol. The van der Waals surface area contributed by atoms with Crippen molar-refractivity contribution in [2.24, 2.45) is 0 Å². The number of hydrogen-bond donors (Lipinski definition) is 1. The number of rotatable bonds is 7. The van der Waals surface area contributed by atoms with Crippen LogP contribution in [0, 0.1) is 0 Å². The minimum atomic E-state index is -0.149. The SMILES string of the molecule is O=C(NCc1cccnc1)c1ccc2c(c1)ncn2-c1cccc(OCc2ccc3ccccc3c2)c1. The highest BCUT2D eigenvalue weighted by Gasteiger charge is 2.11. The lowest BCUT2D eigenvalue weighted by molar-refractivity contribution is 0.0951. The molecule has 0 spiro atoms. The fraction of sp³-hybridized carbons (Fsp3) is 0.0645. The van der Waals surface area contributed by atoms with Crippen LogP contribution in [0.3, 0.4) is 0 Å². The molecule has 0 fully saturated rings. The lowest BCUT2D eigenvalue weighted by atomic mass is 10.1. The molecule has 1 N–H and O–H groups in total. The van der Waals surface area contributed by atoms with Gasteiger partial charge in [-0.3, -0.25) is 14.3 Å². The molecule has 2 heterocycles. The molecule has 2 aromatic heterocycles. The van der Waals surface area contributed by atoms with Crippen LogP contribution in [0.2, 0.25) is 0 Å². The molecule has 0 saturated carbocycles. The van der Waals surface area contributed by atoms with Crippen LogP contribution < -0.4 is 10.1 Å². The summed E-state index contributed by atoms with van der Waals surface area (Å²) in [5.41, 5.74) is 5.23. The Labute approximate surface area is 214 Å². The summed E-state index contributed by atoms with van der Waals surface area (Å²) in [6.45, 7) is 0.904. The third-order valence-electron chi connectivity index (χ3n) is 6.30. The summed E-state index contributed by atoms with van der Waals surface area (Å²) >= 11 is 0. The van der Waals surface area contributed by atoms with E-state index in [1.54, 1.807) is 18.7 Å².